The molecule has 0 unspecified atom stereocenters. The van der Waals surface area contributed by atoms with Gasteiger partial charge in [-0.3, -0.25) is 0 Å². The van der Waals surface area contributed by atoms with Crippen LogP contribution in [0.4, 0.5) is 0 Å². The molecule has 0 aliphatic heterocycles. The first-order valence-electron chi connectivity index (χ1n) is 20.7. The van der Waals surface area contributed by atoms with Crippen molar-refractivity contribution < 1.29 is 20.1 Å². The molecule has 2 heterocycles. The Kier molecular flexibility index (Phi) is 10.7. The van der Waals surface area contributed by atoms with Crippen molar-refractivity contribution in [3.63, 3.8) is 0 Å². The molecule has 2 aromatic heterocycles. The van der Waals surface area contributed by atoms with Gasteiger partial charge in [0.2, 0.25) is 0 Å². The van der Waals surface area contributed by atoms with Gasteiger partial charge in [0, 0.05) is 32.5 Å². The monoisotopic (exact) mass is 955 g/mol. The van der Waals surface area contributed by atoms with Crippen LogP contribution in [0.25, 0.3) is 77.1 Å². The molecular weight excluding hydrogens is 905 g/mol. The fourth-order valence-corrected chi connectivity index (χ4v) is 8.68. The number of hydrogen-bond acceptors (Lipinski definition) is 2. The smallest absolute Gasteiger partial charge is 0.0239 e. The topological polar surface area (TPSA) is 25.8 Å². The van der Waals surface area contributed by atoms with E-state index in [1.165, 1.54) is 71.3 Å². The van der Waals surface area contributed by atoms with Gasteiger partial charge in [0.05, 0.1) is 0 Å². The Morgan fingerprint density at radius 3 is 1.88 bits per heavy atom. The number of pyridine rings is 2. The Balaban J connectivity index is 0.000000169. The standard InChI is InChI=1S/C32H22N.C25H28N.Ir/c1-32(2)29-10-6-5-9-26(29)27-14-12-21(19-30(27)32)31-28-16-15-23-22-8-4-3-7-20(22)11-13-24(23)25(28)17-18-33-31;1-24(2,3)21-14-20(15-22(16-21)25(4,5)6)19-12-13-23(26-17-19)18-10-8-7-9-11-18;/h3-11,13-19H,1-2H3;7-10,12-17H,1-6H3;/q2*-1;. The number of rotatable bonds is 3. The molecule has 299 valence electrons. The van der Waals surface area contributed by atoms with E-state index in [9.17, 15) is 0 Å². The molecule has 2 nitrogen and oxygen atoms in total. The van der Waals surface area contributed by atoms with E-state index in [1.807, 2.05) is 36.7 Å². The van der Waals surface area contributed by atoms with Crippen molar-refractivity contribution in [3.05, 3.63) is 192 Å². The van der Waals surface area contributed by atoms with E-state index in [0.717, 1.165) is 28.1 Å². The third kappa shape index (κ3) is 7.51. The van der Waals surface area contributed by atoms with E-state index in [0.29, 0.717) is 0 Å². The zero-order chi connectivity index (χ0) is 41.1. The predicted molar refractivity (Wildman–Crippen MR) is 250 cm³/mol. The number of hydrogen-bond donors (Lipinski definition) is 0. The average Bonchev–Trinajstić information content (AvgIpc) is 3.48. The van der Waals surface area contributed by atoms with Crippen LogP contribution in [0, 0.1) is 12.1 Å². The van der Waals surface area contributed by atoms with E-state index < -0.39 is 0 Å². The largest absolute Gasteiger partial charge is 0.304 e. The van der Waals surface area contributed by atoms with Crippen LogP contribution >= 0.6 is 0 Å². The quantitative estimate of drug-likeness (QED) is 0.130. The van der Waals surface area contributed by atoms with Gasteiger partial charge >= 0.3 is 0 Å². The molecule has 0 spiro atoms. The summed E-state index contributed by atoms with van der Waals surface area (Å²) in [5, 5.41) is 7.52. The van der Waals surface area contributed by atoms with E-state index in [1.54, 1.807) is 0 Å². The summed E-state index contributed by atoms with van der Waals surface area (Å²) in [5.41, 5.74) is 14.7. The fourth-order valence-electron chi connectivity index (χ4n) is 8.68. The van der Waals surface area contributed by atoms with Crippen molar-refractivity contribution in [1.82, 2.24) is 9.97 Å². The molecule has 0 fully saturated rings. The maximum absolute atomic E-state index is 4.84. The van der Waals surface area contributed by atoms with Crippen LogP contribution in [-0.2, 0) is 36.4 Å². The van der Waals surface area contributed by atoms with E-state index in [-0.39, 0.29) is 36.4 Å². The minimum absolute atomic E-state index is 0. The molecule has 0 saturated heterocycles. The number of nitrogens with zero attached hydrogens (tertiary/aromatic N) is 2. The van der Waals surface area contributed by atoms with E-state index in [4.69, 9.17) is 4.98 Å². The summed E-state index contributed by atoms with van der Waals surface area (Å²) in [6.45, 7) is 18.2. The predicted octanol–water partition coefficient (Wildman–Crippen LogP) is 15.1. The van der Waals surface area contributed by atoms with Crippen molar-refractivity contribution in [3.8, 4) is 44.8 Å². The first-order valence-corrected chi connectivity index (χ1v) is 20.7. The SMILES string of the molecule is CC(C)(C)c1cc(-c2ccc(-c3[c-]cccc3)nc2)cc(C(C)(C)C)c1.CC1(C)c2ccccc2-c2c[c-]c(-c3nccc4c3ccc3c5ccccc5ccc43)cc21.[Ir]. The van der Waals surface area contributed by atoms with Crippen LogP contribution in [0.1, 0.15) is 77.6 Å². The van der Waals surface area contributed by atoms with Gasteiger partial charge in [0.1, 0.15) is 0 Å². The zero-order valence-electron chi connectivity index (χ0n) is 35.7. The molecule has 0 atom stereocenters. The van der Waals surface area contributed by atoms with Crippen LogP contribution in [0.15, 0.2) is 158 Å². The van der Waals surface area contributed by atoms with Crippen molar-refractivity contribution in [2.75, 3.05) is 0 Å². The van der Waals surface area contributed by atoms with Crippen LogP contribution in [-0.4, -0.2) is 9.97 Å². The van der Waals surface area contributed by atoms with E-state index >= 15 is 0 Å². The van der Waals surface area contributed by atoms with Crippen LogP contribution in [0.5, 0.6) is 0 Å². The van der Waals surface area contributed by atoms with Gasteiger partial charge in [-0.05, 0) is 93.8 Å². The molecule has 7 aromatic carbocycles. The van der Waals surface area contributed by atoms with Gasteiger partial charge in [-0.1, -0.05) is 170 Å². The molecule has 60 heavy (non-hydrogen) atoms. The molecule has 9 aromatic rings. The molecule has 1 aliphatic carbocycles. The molecule has 0 amide bonds. The van der Waals surface area contributed by atoms with Gasteiger partial charge < -0.3 is 9.97 Å². The summed E-state index contributed by atoms with van der Waals surface area (Å²) in [6, 6.07) is 58.9. The minimum atomic E-state index is -0.0357. The fraction of sp³-hybridized carbons (Fsp3) is 0.193. The zero-order valence-corrected chi connectivity index (χ0v) is 38.1. The Hall–Kier alpha value is -5.73. The maximum Gasteiger partial charge on any atom is 0.0239 e. The molecule has 3 heteroatoms. The van der Waals surface area contributed by atoms with Crippen molar-refractivity contribution in [2.45, 2.75) is 71.6 Å². The third-order valence-electron chi connectivity index (χ3n) is 12.2. The molecule has 1 aliphatic rings. The first-order chi connectivity index (χ1) is 28.3. The van der Waals surface area contributed by atoms with Crippen LogP contribution in [0.2, 0.25) is 0 Å². The van der Waals surface area contributed by atoms with Gasteiger partial charge in [0.15, 0.2) is 0 Å². The van der Waals surface area contributed by atoms with Crippen molar-refractivity contribution in [1.29, 1.82) is 0 Å². The average molecular weight is 955 g/mol. The molecular formula is C57H50IrN2-2. The van der Waals surface area contributed by atoms with Crippen molar-refractivity contribution >= 4 is 32.3 Å². The molecule has 0 bridgehead atoms. The van der Waals surface area contributed by atoms with Crippen LogP contribution < -0.4 is 0 Å². The summed E-state index contributed by atoms with van der Waals surface area (Å²) in [5.74, 6) is 0. The second-order valence-electron chi connectivity index (χ2n) is 18.6. The maximum atomic E-state index is 4.84. The molecule has 10 rings (SSSR count). The summed E-state index contributed by atoms with van der Waals surface area (Å²) in [4.78, 5) is 9.52. The van der Waals surface area contributed by atoms with Gasteiger partial charge in [-0.15, -0.1) is 65.2 Å². The number of benzene rings is 7. The normalized spacial score (nSPS) is 13.0. The van der Waals surface area contributed by atoms with E-state index in [2.05, 4.69) is 194 Å². The van der Waals surface area contributed by atoms with Crippen LogP contribution in [0.3, 0.4) is 0 Å². The second kappa shape index (κ2) is 15.7. The molecule has 1 radical (unpaired) electrons. The Morgan fingerprint density at radius 2 is 1.17 bits per heavy atom. The second-order valence-corrected chi connectivity index (χ2v) is 18.6. The Bertz CT molecular complexity index is 2990. The Morgan fingerprint density at radius 1 is 0.500 bits per heavy atom. The number of fused-ring (bicyclic) bond motifs is 8. The van der Waals surface area contributed by atoms with Gasteiger partial charge in [-0.2, -0.15) is 0 Å². The van der Waals surface area contributed by atoms with Crippen molar-refractivity contribution in [2.24, 2.45) is 0 Å². The summed E-state index contributed by atoms with van der Waals surface area (Å²) in [7, 11) is 0. The first kappa shape index (κ1) is 41.0. The summed E-state index contributed by atoms with van der Waals surface area (Å²) < 4.78 is 0. The molecule has 0 N–H and O–H groups in total. The van der Waals surface area contributed by atoms with Gasteiger partial charge in [-0.25, -0.2) is 0 Å². The minimum Gasteiger partial charge on any atom is -0.304 e. The third-order valence-corrected chi connectivity index (χ3v) is 12.2. The van der Waals surface area contributed by atoms with Gasteiger partial charge in [0.25, 0.3) is 0 Å². The molecule has 0 saturated carbocycles. The number of aromatic nitrogens is 2. The Labute approximate surface area is 369 Å². The summed E-state index contributed by atoms with van der Waals surface area (Å²) in [6.07, 6.45) is 3.91. The summed E-state index contributed by atoms with van der Waals surface area (Å²) >= 11 is 0.